The third-order valence-corrected chi connectivity index (χ3v) is 2.35. The van der Waals surface area contributed by atoms with Gasteiger partial charge in [-0.05, 0) is 17.7 Å². The fourth-order valence-electron chi connectivity index (χ4n) is 1.50. The van der Waals surface area contributed by atoms with Gasteiger partial charge in [0.15, 0.2) is 0 Å². The van der Waals surface area contributed by atoms with Crippen molar-refractivity contribution in [3.8, 4) is 11.8 Å². The number of aliphatic hydroxyl groups is 1. The van der Waals surface area contributed by atoms with Crippen LogP contribution in [0.15, 0.2) is 41.1 Å². The Balaban J connectivity index is 1.98. The number of benzene rings is 1. The van der Waals surface area contributed by atoms with Gasteiger partial charge in [-0.1, -0.05) is 29.1 Å². The van der Waals surface area contributed by atoms with Crippen LogP contribution in [0.5, 0.6) is 0 Å². The van der Waals surface area contributed by atoms with Crippen molar-refractivity contribution >= 4 is 5.91 Å². The monoisotopic (exact) mass is 256 g/mol. The molecule has 2 aromatic rings. The molecule has 0 saturated heterocycles. The average Bonchev–Trinajstić information content (AvgIpc) is 2.97. The smallest absolute Gasteiger partial charge is 0.290 e. The van der Waals surface area contributed by atoms with Crippen molar-refractivity contribution in [2.24, 2.45) is 0 Å². The van der Waals surface area contributed by atoms with Crippen molar-refractivity contribution in [3.05, 3.63) is 53.4 Å². The van der Waals surface area contributed by atoms with Crippen molar-refractivity contribution < 1.29 is 14.4 Å². The third-order valence-electron chi connectivity index (χ3n) is 2.35. The Morgan fingerprint density at radius 2 is 2.32 bits per heavy atom. The molecule has 5 nitrogen and oxygen atoms in total. The van der Waals surface area contributed by atoms with E-state index in [1.165, 1.54) is 12.3 Å². The molecule has 96 valence electrons. The molecule has 2 N–H and O–H groups in total. The summed E-state index contributed by atoms with van der Waals surface area (Å²) in [6.07, 6.45) is 1.42. The molecule has 1 aromatic heterocycles. The van der Waals surface area contributed by atoms with Crippen LogP contribution in [0.2, 0.25) is 0 Å². The lowest BCUT2D eigenvalue weighted by atomic mass is 10.1. The lowest BCUT2D eigenvalue weighted by Gasteiger charge is -2.03. The van der Waals surface area contributed by atoms with Gasteiger partial charge in [-0.25, -0.2) is 0 Å². The minimum atomic E-state index is -0.315. The quantitative estimate of drug-likeness (QED) is 0.802. The van der Waals surface area contributed by atoms with Gasteiger partial charge in [-0.15, -0.1) is 0 Å². The van der Waals surface area contributed by atoms with Crippen molar-refractivity contribution in [1.29, 1.82) is 0 Å². The molecule has 1 heterocycles. The predicted octanol–water partition coefficient (Wildman–Crippen LogP) is 0.948. The predicted molar refractivity (Wildman–Crippen MR) is 68.1 cm³/mol. The Labute approximate surface area is 110 Å². The Hall–Kier alpha value is -2.58. The number of hydrogen-bond donors (Lipinski definition) is 2. The lowest BCUT2D eigenvalue weighted by Crippen LogP contribution is -2.22. The zero-order valence-electron chi connectivity index (χ0n) is 10.1. The molecule has 0 bridgehead atoms. The molecule has 0 radical (unpaired) electrons. The first-order valence-corrected chi connectivity index (χ1v) is 5.67. The second-order valence-electron chi connectivity index (χ2n) is 3.72. The maximum Gasteiger partial charge on any atom is 0.290 e. The summed E-state index contributed by atoms with van der Waals surface area (Å²) in [4.78, 5) is 11.6. The van der Waals surface area contributed by atoms with Gasteiger partial charge >= 0.3 is 0 Å². The summed E-state index contributed by atoms with van der Waals surface area (Å²) in [6, 6.07) is 8.91. The van der Waals surface area contributed by atoms with Crippen LogP contribution in [-0.4, -0.2) is 22.8 Å². The Morgan fingerprint density at radius 3 is 3.05 bits per heavy atom. The van der Waals surface area contributed by atoms with Crippen molar-refractivity contribution in [3.63, 3.8) is 0 Å². The molecule has 0 saturated carbocycles. The minimum Gasteiger partial charge on any atom is -0.384 e. The summed E-state index contributed by atoms with van der Waals surface area (Å²) in [6.45, 7) is 0.195. The molecular formula is C14H12N2O3. The van der Waals surface area contributed by atoms with E-state index >= 15 is 0 Å². The highest BCUT2D eigenvalue weighted by molar-refractivity contribution is 5.91. The van der Waals surface area contributed by atoms with Gasteiger partial charge in [0.05, 0.1) is 6.20 Å². The van der Waals surface area contributed by atoms with Crippen LogP contribution in [0.25, 0.3) is 0 Å². The van der Waals surface area contributed by atoms with Gasteiger partial charge in [0.2, 0.25) is 5.76 Å². The molecule has 0 aliphatic rings. The Kier molecular flexibility index (Phi) is 4.32. The molecular weight excluding hydrogens is 244 g/mol. The highest BCUT2D eigenvalue weighted by Gasteiger charge is 2.08. The number of hydrogen-bond acceptors (Lipinski definition) is 4. The van der Waals surface area contributed by atoms with Crippen LogP contribution in [0.1, 0.15) is 21.7 Å². The van der Waals surface area contributed by atoms with Crippen LogP contribution >= 0.6 is 0 Å². The van der Waals surface area contributed by atoms with E-state index in [4.69, 9.17) is 9.63 Å². The number of amides is 1. The van der Waals surface area contributed by atoms with Gasteiger partial charge in [-0.2, -0.15) is 0 Å². The molecule has 2 rings (SSSR count). The molecule has 19 heavy (non-hydrogen) atoms. The maximum atomic E-state index is 11.6. The SMILES string of the molecule is O=C(NCc1cccc(C#CCO)c1)c1ccno1. The highest BCUT2D eigenvalue weighted by Crippen LogP contribution is 2.04. The van der Waals surface area contributed by atoms with E-state index < -0.39 is 0 Å². The first-order valence-electron chi connectivity index (χ1n) is 5.67. The van der Waals surface area contributed by atoms with E-state index in [9.17, 15) is 4.79 Å². The summed E-state index contributed by atoms with van der Waals surface area (Å²) < 4.78 is 4.75. The van der Waals surface area contributed by atoms with Crippen LogP contribution in [0.3, 0.4) is 0 Å². The van der Waals surface area contributed by atoms with Gasteiger partial charge in [0, 0.05) is 18.2 Å². The van der Waals surface area contributed by atoms with E-state index in [1.54, 1.807) is 0 Å². The van der Waals surface area contributed by atoms with Gasteiger partial charge in [0.25, 0.3) is 5.91 Å². The average molecular weight is 256 g/mol. The lowest BCUT2D eigenvalue weighted by molar-refractivity contribution is 0.0914. The number of nitrogens with one attached hydrogen (secondary N) is 1. The van der Waals surface area contributed by atoms with Crippen molar-refractivity contribution in [2.45, 2.75) is 6.54 Å². The Bertz CT molecular complexity index is 609. The molecule has 0 atom stereocenters. The van der Waals surface area contributed by atoms with E-state index in [0.717, 1.165) is 11.1 Å². The summed E-state index contributed by atoms with van der Waals surface area (Å²) in [5.74, 6) is 5.24. The topological polar surface area (TPSA) is 75.4 Å². The summed E-state index contributed by atoms with van der Waals surface area (Å²) >= 11 is 0. The molecule has 5 heteroatoms. The zero-order chi connectivity index (χ0) is 13.5. The number of nitrogens with zero attached hydrogens (tertiary/aromatic N) is 1. The van der Waals surface area contributed by atoms with E-state index in [0.29, 0.717) is 6.54 Å². The molecule has 0 unspecified atom stereocenters. The first-order chi connectivity index (χ1) is 9.29. The van der Waals surface area contributed by atoms with Crippen LogP contribution in [-0.2, 0) is 6.54 Å². The second-order valence-corrected chi connectivity index (χ2v) is 3.72. The summed E-state index contributed by atoms with van der Waals surface area (Å²) in [5.41, 5.74) is 1.71. The molecule has 0 aliphatic carbocycles. The van der Waals surface area contributed by atoms with Crippen LogP contribution in [0, 0.1) is 11.8 Å². The molecule has 1 amide bonds. The van der Waals surface area contributed by atoms with Crippen molar-refractivity contribution in [2.75, 3.05) is 6.61 Å². The highest BCUT2D eigenvalue weighted by atomic mass is 16.5. The fraction of sp³-hybridized carbons (Fsp3) is 0.143. The first kappa shape index (κ1) is 12.9. The van der Waals surface area contributed by atoms with Crippen LogP contribution in [0.4, 0.5) is 0 Å². The number of carbonyl (C=O) groups excluding carboxylic acids is 1. The standard InChI is InChI=1S/C14H12N2O3/c17-8-2-5-11-3-1-4-12(9-11)10-15-14(18)13-6-7-16-19-13/h1,3-4,6-7,9,17H,8,10H2,(H,15,18). The number of aliphatic hydroxyl groups excluding tert-OH is 1. The second kappa shape index (κ2) is 6.38. The van der Waals surface area contributed by atoms with Gasteiger partial charge in [-0.3, -0.25) is 4.79 Å². The zero-order valence-corrected chi connectivity index (χ0v) is 10.1. The third kappa shape index (κ3) is 3.69. The van der Waals surface area contributed by atoms with Crippen molar-refractivity contribution in [1.82, 2.24) is 10.5 Å². The summed E-state index contributed by atoms with van der Waals surface area (Å²) in [5, 5.41) is 14.8. The molecule has 0 aliphatic heterocycles. The van der Waals surface area contributed by atoms with E-state index in [1.807, 2.05) is 24.3 Å². The largest absolute Gasteiger partial charge is 0.384 e. The maximum absolute atomic E-state index is 11.6. The summed E-state index contributed by atoms with van der Waals surface area (Å²) in [7, 11) is 0. The number of rotatable bonds is 3. The fourth-order valence-corrected chi connectivity index (χ4v) is 1.50. The molecule has 0 fully saturated rings. The number of aromatic nitrogens is 1. The van der Waals surface area contributed by atoms with Gasteiger partial charge < -0.3 is 14.9 Å². The normalized spacial score (nSPS) is 9.53. The van der Waals surface area contributed by atoms with E-state index in [2.05, 4.69) is 22.3 Å². The molecule has 0 spiro atoms. The Morgan fingerprint density at radius 1 is 1.42 bits per heavy atom. The number of carbonyl (C=O) groups is 1. The van der Waals surface area contributed by atoms with Crippen LogP contribution < -0.4 is 5.32 Å². The minimum absolute atomic E-state index is 0.174. The molecule has 1 aromatic carbocycles. The van der Waals surface area contributed by atoms with Gasteiger partial charge in [0.1, 0.15) is 6.61 Å². The van der Waals surface area contributed by atoms with E-state index in [-0.39, 0.29) is 18.3 Å².